The van der Waals surface area contributed by atoms with E-state index in [4.69, 9.17) is 16.3 Å². The number of aromatic nitrogens is 2. The van der Waals surface area contributed by atoms with Gasteiger partial charge in [0.1, 0.15) is 0 Å². The normalized spacial score (nSPS) is 10.6. The molecule has 1 aromatic heterocycles. The third-order valence-corrected chi connectivity index (χ3v) is 4.83. The van der Waals surface area contributed by atoms with Crippen molar-refractivity contribution >= 4 is 23.4 Å². The number of carbonyl (C=O) groups is 2. The summed E-state index contributed by atoms with van der Waals surface area (Å²) in [6.07, 6.45) is 0. The first-order valence-corrected chi connectivity index (χ1v) is 9.67. The number of ether oxygens (including phenoxy) is 1. The van der Waals surface area contributed by atoms with Gasteiger partial charge in [0.2, 0.25) is 5.78 Å². The molecule has 0 bridgehead atoms. The van der Waals surface area contributed by atoms with E-state index >= 15 is 0 Å². The maximum Gasteiger partial charge on any atom is 0.357 e. The van der Waals surface area contributed by atoms with Crippen LogP contribution in [0.3, 0.4) is 0 Å². The van der Waals surface area contributed by atoms with Gasteiger partial charge in [-0.1, -0.05) is 72.3 Å². The van der Waals surface area contributed by atoms with Crippen LogP contribution in [-0.4, -0.2) is 28.1 Å². The number of hydrogen-bond acceptors (Lipinski definition) is 4. The van der Waals surface area contributed by atoms with Crippen LogP contribution in [0.5, 0.6) is 0 Å². The highest BCUT2D eigenvalue weighted by atomic mass is 35.5. The van der Waals surface area contributed by atoms with Crippen molar-refractivity contribution in [1.29, 1.82) is 0 Å². The Kier molecular flexibility index (Phi) is 5.72. The summed E-state index contributed by atoms with van der Waals surface area (Å²) in [5.74, 6) is -1.02. The van der Waals surface area contributed by atoms with Crippen molar-refractivity contribution in [1.82, 2.24) is 9.78 Å². The molecule has 0 radical (unpaired) electrons. The largest absolute Gasteiger partial charge is 0.453 e. The number of carbonyl (C=O) groups excluding carboxylic acids is 2. The Labute approximate surface area is 178 Å². The molecule has 3 aromatic carbocycles. The van der Waals surface area contributed by atoms with E-state index < -0.39 is 12.6 Å². The summed E-state index contributed by atoms with van der Waals surface area (Å²) in [5, 5.41) is 4.90. The highest BCUT2D eigenvalue weighted by Crippen LogP contribution is 2.22. The molecule has 6 heteroatoms. The van der Waals surface area contributed by atoms with Crippen LogP contribution in [0.1, 0.15) is 20.8 Å². The third kappa shape index (κ3) is 4.16. The second-order valence-electron chi connectivity index (χ2n) is 6.51. The quantitative estimate of drug-likeness (QED) is 0.319. The van der Waals surface area contributed by atoms with Crippen LogP contribution < -0.4 is 0 Å². The first kappa shape index (κ1) is 19.6. The molecular weight excluding hydrogens is 400 g/mol. The van der Waals surface area contributed by atoms with Crippen molar-refractivity contribution in [2.45, 2.75) is 0 Å². The molecule has 0 amide bonds. The molecule has 0 atom stereocenters. The summed E-state index contributed by atoms with van der Waals surface area (Å²) < 4.78 is 6.82. The SMILES string of the molecule is O=C(COC(=O)c1cc(-c2ccccc2)nn1-c1ccccc1)c1ccccc1Cl. The van der Waals surface area contributed by atoms with Crippen LogP contribution >= 0.6 is 11.6 Å². The fourth-order valence-corrected chi connectivity index (χ4v) is 3.25. The van der Waals surface area contributed by atoms with Gasteiger partial charge in [-0.3, -0.25) is 4.79 Å². The van der Waals surface area contributed by atoms with Gasteiger partial charge in [0, 0.05) is 11.1 Å². The number of rotatable bonds is 6. The molecule has 0 aliphatic carbocycles. The van der Waals surface area contributed by atoms with E-state index in [1.165, 1.54) is 4.68 Å². The molecule has 5 nitrogen and oxygen atoms in total. The van der Waals surface area contributed by atoms with E-state index in [0.29, 0.717) is 22.0 Å². The van der Waals surface area contributed by atoms with Crippen LogP contribution in [0, 0.1) is 0 Å². The fourth-order valence-electron chi connectivity index (χ4n) is 3.01. The van der Waals surface area contributed by atoms with Gasteiger partial charge in [0.05, 0.1) is 16.4 Å². The minimum Gasteiger partial charge on any atom is -0.453 e. The van der Waals surface area contributed by atoms with Crippen molar-refractivity contribution in [3.05, 3.63) is 107 Å². The molecule has 0 aliphatic rings. The maximum atomic E-state index is 12.8. The Bertz CT molecular complexity index is 1190. The van der Waals surface area contributed by atoms with Crippen LogP contribution in [-0.2, 0) is 4.74 Å². The smallest absolute Gasteiger partial charge is 0.357 e. The van der Waals surface area contributed by atoms with Gasteiger partial charge in [0.15, 0.2) is 12.3 Å². The van der Waals surface area contributed by atoms with Crippen LogP contribution in [0.4, 0.5) is 0 Å². The Hall–Kier alpha value is -3.70. The van der Waals surface area contributed by atoms with Gasteiger partial charge in [-0.15, -0.1) is 0 Å². The Morgan fingerprint density at radius 2 is 1.50 bits per heavy atom. The average molecular weight is 417 g/mol. The highest BCUT2D eigenvalue weighted by molar-refractivity contribution is 6.34. The number of para-hydroxylation sites is 1. The molecule has 0 saturated heterocycles. The molecule has 30 heavy (non-hydrogen) atoms. The van der Waals surface area contributed by atoms with Gasteiger partial charge < -0.3 is 4.74 Å². The van der Waals surface area contributed by atoms with Crippen LogP contribution in [0.15, 0.2) is 91.0 Å². The number of hydrogen-bond donors (Lipinski definition) is 0. The highest BCUT2D eigenvalue weighted by Gasteiger charge is 2.20. The van der Waals surface area contributed by atoms with Gasteiger partial charge in [0.25, 0.3) is 0 Å². The van der Waals surface area contributed by atoms with Gasteiger partial charge >= 0.3 is 5.97 Å². The fraction of sp³-hybridized carbons (Fsp3) is 0.0417. The molecular formula is C24H17ClN2O3. The Morgan fingerprint density at radius 3 is 2.20 bits per heavy atom. The lowest BCUT2D eigenvalue weighted by Gasteiger charge is -2.08. The molecule has 0 fully saturated rings. The van der Waals surface area contributed by atoms with Gasteiger partial charge in [-0.25, -0.2) is 9.48 Å². The van der Waals surface area contributed by atoms with Gasteiger partial charge in [-0.05, 0) is 30.3 Å². The second-order valence-corrected chi connectivity index (χ2v) is 6.91. The molecule has 0 spiro atoms. The molecule has 4 aromatic rings. The molecule has 0 saturated carbocycles. The molecule has 4 rings (SSSR count). The molecule has 0 aliphatic heterocycles. The number of esters is 1. The monoisotopic (exact) mass is 416 g/mol. The summed E-state index contributed by atoms with van der Waals surface area (Å²) in [5.41, 5.74) is 2.75. The summed E-state index contributed by atoms with van der Waals surface area (Å²) in [4.78, 5) is 25.2. The van der Waals surface area contributed by atoms with E-state index in [1.54, 1.807) is 30.3 Å². The zero-order valence-electron chi connectivity index (χ0n) is 15.9. The van der Waals surface area contributed by atoms with E-state index in [2.05, 4.69) is 5.10 Å². The molecule has 0 unspecified atom stereocenters. The third-order valence-electron chi connectivity index (χ3n) is 4.50. The van der Waals surface area contributed by atoms with E-state index in [9.17, 15) is 9.59 Å². The number of ketones is 1. The van der Waals surface area contributed by atoms with E-state index in [-0.39, 0.29) is 11.5 Å². The van der Waals surface area contributed by atoms with Crippen molar-refractivity contribution in [3.8, 4) is 16.9 Å². The first-order chi connectivity index (χ1) is 14.6. The first-order valence-electron chi connectivity index (χ1n) is 9.29. The van der Waals surface area contributed by atoms with Crippen LogP contribution in [0.2, 0.25) is 5.02 Å². The lowest BCUT2D eigenvalue weighted by atomic mass is 10.1. The Morgan fingerprint density at radius 1 is 0.867 bits per heavy atom. The maximum absolute atomic E-state index is 12.8. The predicted molar refractivity (Wildman–Crippen MR) is 115 cm³/mol. The number of Topliss-reactive ketones (excluding diaryl/α,β-unsaturated/α-hetero) is 1. The topological polar surface area (TPSA) is 61.2 Å². The predicted octanol–water partition coefficient (Wildman–Crippen LogP) is 5.23. The van der Waals surface area contributed by atoms with Crippen molar-refractivity contribution < 1.29 is 14.3 Å². The van der Waals surface area contributed by atoms with E-state index in [0.717, 1.165) is 5.56 Å². The van der Waals surface area contributed by atoms with Crippen molar-refractivity contribution in [2.75, 3.05) is 6.61 Å². The summed E-state index contributed by atoms with van der Waals surface area (Å²) in [6.45, 7) is -0.413. The van der Waals surface area contributed by atoms with E-state index in [1.807, 2.05) is 60.7 Å². The zero-order chi connectivity index (χ0) is 20.9. The second kappa shape index (κ2) is 8.76. The summed E-state index contributed by atoms with van der Waals surface area (Å²) in [6, 6.07) is 27.1. The summed E-state index contributed by atoms with van der Waals surface area (Å²) in [7, 11) is 0. The lowest BCUT2D eigenvalue weighted by molar-refractivity contribution is 0.0465. The summed E-state index contributed by atoms with van der Waals surface area (Å²) >= 11 is 6.05. The molecule has 148 valence electrons. The van der Waals surface area contributed by atoms with Crippen LogP contribution in [0.25, 0.3) is 16.9 Å². The number of nitrogens with zero attached hydrogens (tertiary/aromatic N) is 2. The number of benzene rings is 3. The average Bonchev–Trinajstić information content (AvgIpc) is 3.24. The van der Waals surface area contributed by atoms with Crippen molar-refractivity contribution in [2.24, 2.45) is 0 Å². The lowest BCUT2D eigenvalue weighted by Crippen LogP contribution is -2.17. The minimum absolute atomic E-state index is 0.229. The van der Waals surface area contributed by atoms with Gasteiger partial charge in [-0.2, -0.15) is 5.10 Å². The standard InChI is InChI=1S/C24H17ClN2O3/c25-20-14-8-7-13-19(20)23(28)16-30-24(29)22-15-21(17-9-3-1-4-10-17)26-27(22)18-11-5-2-6-12-18/h1-15H,16H2. The number of halogens is 1. The minimum atomic E-state index is -0.645. The molecule has 1 heterocycles. The van der Waals surface area contributed by atoms with Crippen molar-refractivity contribution in [3.63, 3.8) is 0 Å². The zero-order valence-corrected chi connectivity index (χ0v) is 16.6. The Balaban J connectivity index is 1.62. The molecule has 0 N–H and O–H groups in total.